The van der Waals surface area contributed by atoms with Crippen LogP contribution >= 0.6 is 0 Å². The Morgan fingerprint density at radius 1 is 1.12 bits per heavy atom. The van der Waals surface area contributed by atoms with Gasteiger partial charge in [-0.05, 0) is 49.8 Å². The van der Waals surface area contributed by atoms with E-state index in [1.807, 2.05) is 0 Å². The third-order valence-electron chi connectivity index (χ3n) is 5.68. The maximum Gasteiger partial charge on any atom is 0.101 e. The third-order valence-corrected chi connectivity index (χ3v) is 5.68. The molecule has 0 bridgehead atoms. The van der Waals surface area contributed by atoms with Crippen molar-refractivity contribution in [1.29, 1.82) is 5.26 Å². The van der Waals surface area contributed by atoms with Crippen molar-refractivity contribution < 1.29 is 4.74 Å². The number of aromatic nitrogens is 1. The highest BCUT2D eigenvalue weighted by Crippen LogP contribution is 2.29. The van der Waals surface area contributed by atoms with E-state index >= 15 is 0 Å². The Morgan fingerprint density at radius 3 is 2.58 bits per heavy atom. The number of nitrogens with zero attached hydrogens (tertiary/aromatic N) is 3. The molecule has 2 heterocycles. The first-order valence-electron chi connectivity index (χ1n) is 9.61. The molecule has 0 saturated carbocycles. The molecule has 2 aliphatic rings. The van der Waals surface area contributed by atoms with Crippen LogP contribution in [0.15, 0.2) is 30.3 Å². The molecule has 0 N–H and O–H groups in total. The van der Waals surface area contributed by atoms with Gasteiger partial charge in [-0.25, -0.2) is 0 Å². The molecule has 1 aliphatic heterocycles. The second-order valence-corrected chi connectivity index (χ2v) is 7.26. The van der Waals surface area contributed by atoms with E-state index in [9.17, 15) is 5.26 Å². The van der Waals surface area contributed by atoms with Crippen LogP contribution in [0.3, 0.4) is 0 Å². The van der Waals surface area contributed by atoms with Crippen LogP contribution in [-0.4, -0.2) is 36.2 Å². The Balaban J connectivity index is 1.61. The predicted molar refractivity (Wildman–Crippen MR) is 102 cm³/mol. The summed E-state index contributed by atoms with van der Waals surface area (Å²) in [6.45, 7) is 5.83. The van der Waals surface area contributed by atoms with Crippen LogP contribution in [0.5, 0.6) is 0 Å². The first-order valence-corrected chi connectivity index (χ1v) is 9.61. The van der Waals surface area contributed by atoms with Gasteiger partial charge in [0.25, 0.3) is 0 Å². The number of morpholine rings is 1. The zero-order chi connectivity index (χ0) is 17.9. The van der Waals surface area contributed by atoms with Crippen molar-refractivity contribution in [3.8, 4) is 17.3 Å². The second-order valence-electron chi connectivity index (χ2n) is 7.26. The molecule has 26 heavy (non-hydrogen) atoms. The molecule has 1 atom stereocenters. The Hall–Kier alpha value is -2.22. The number of fused-ring (bicyclic) bond motifs is 1. The SMILES string of the molecule is CC(c1ccc(-c2nc3c(cc2C#N)CCCC3)cc1)N1CCOCC1. The summed E-state index contributed by atoms with van der Waals surface area (Å²) in [7, 11) is 0. The number of nitriles is 1. The molecule has 0 spiro atoms. The first kappa shape index (κ1) is 17.2. The van der Waals surface area contributed by atoms with Crippen molar-refractivity contribution in [3.63, 3.8) is 0 Å². The van der Waals surface area contributed by atoms with Crippen molar-refractivity contribution in [2.24, 2.45) is 0 Å². The molecule has 1 aromatic heterocycles. The summed E-state index contributed by atoms with van der Waals surface area (Å²) in [5.74, 6) is 0. The molecule has 0 radical (unpaired) electrons. The van der Waals surface area contributed by atoms with E-state index in [4.69, 9.17) is 9.72 Å². The average Bonchev–Trinajstić information content (AvgIpc) is 2.73. The standard InChI is InChI=1S/C22H25N3O/c1-16(25-10-12-26-13-11-25)17-6-8-18(9-7-17)22-20(15-23)14-19-4-2-3-5-21(19)24-22/h6-9,14,16H,2-5,10-13H2,1H3. The van der Waals surface area contributed by atoms with Gasteiger partial charge in [0.15, 0.2) is 0 Å². The van der Waals surface area contributed by atoms with Gasteiger partial charge in [0.2, 0.25) is 0 Å². The highest BCUT2D eigenvalue weighted by molar-refractivity contribution is 5.67. The lowest BCUT2D eigenvalue weighted by Crippen LogP contribution is -2.37. The molecule has 4 nitrogen and oxygen atoms in total. The highest BCUT2D eigenvalue weighted by Gasteiger charge is 2.19. The number of benzene rings is 1. The zero-order valence-electron chi connectivity index (χ0n) is 15.4. The van der Waals surface area contributed by atoms with E-state index in [1.165, 1.54) is 29.7 Å². The molecule has 4 heteroatoms. The van der Waals surface area contributed by atoms with E-state index in [0.29, 0.717) is 11.6 Å². The lowest BCUT2D eigenvalue weighted by molar-refractivity contribution is 0.0198. The molecular formula is C22H25N3O. The van der Waals surface area contributed by atoms with Crippen LogP contribution in [0.1, 0.15) is 48.2 Å². The fourth-order valence-corrected chi connectivity index (χ4v) is 4.03. The molecule has 1 unspecified atom stereocenters. The molecule has 1 saturated heterocycles. The number of hydrogen-bond donors (Lipinski definition) is 0. The van der Waals surface area contributed by atoms with Gasteiger partial charge in [0.05, 0.1) is 24.5 Å². The quantitative estimate of drug-likeness (QED) is 0.845. The fourth-order valence-electron chi connectivity index (χ4n) is 4.03. The summed E-state index contributed by atoms with van der Waals surface area (Å²) in [6.07, 6.45) is 4.47. The zero-order valence-corrected chi connectivity index (χ0v) is 15.4. The van der Waals surface area contributed by atoms with Crippen LogP contribution in [-0.2, 0) is 17.6 Å². The minimum atomic E-state index is 0.375. The summed E-state index contributed by atoms with van der Waals surface area (Å²) in [5.41, 5.74) is 6.29. The van der Waals surface area contributed by atoms with Gasteiger partial charge in [-0.15, -0.1) is 0 Å². The maximum absolute atomic E-state index is 9.59. The third kappa shape index (κ3) is 3.38. The minimum Gasteiger partial charge on any atom is -0.379 e. The van der Waals surface area contributed by atoms with Crippen LogP contribution in [0, 0.1) is 11.3 Å². The van der Waals surface area contributed by atoms with Crippen LogP contribution in [0.25, 0.3) is 11.3 Å². The number of rotatable bonds is 3. The molecule has 4 rings (SSSR count). The van der Waals surface area contributed by atoms with Crippen molar-refractivity contribution >= 4 is 0 Å². The fraction of sp³-hybridized carbons (Fsp3) is 0.455. The van der Waals surface area contributed by atoms with E-state index in [1.54, 1.807) is 0 Å². The van der Waals surface area contributed by atoms with Gasteiger partial charge in [-0.1, -0.05) is 24.3 Å². The molecule has 1 aromatic carbocycles. The Kier molecular flexibility index (Phi) is 5.01. The Morgan fingerprint density at radius 2 is 1.85 bits per heavy atom. The molecule has 134 valence electrons. The number of aryl methyl sites for hydroxylation is 2. The summed E-state index contributed by atoms with van der Waals surface area (Å²) in [6, 6.07) is 13.4. The van der Waals surface area contributed by atoms with Gasteiger partial charge in [0.1, 0.15) is 6.07 Å². The Labute approximate surface area is 155 Å². The molecular weight excluding hydrogens is 322 g/mol. The van der Waals surface area contributed by atoms with Crippen molar-refractivity contribution in [1.82, 2.24) is 9.88 Å². The molecule has 0 amide bonds. The summed E-state index contributed by atoms with van der Waals surface area (Å²) >= 11 is 0. The molecule has 2 aromatic rings. The van der Waals surface area contributed by atoms with Gasteiger partial charge in [0, 0.05) is 30.4 Å². The minimum absolute atomic E-state index is 0.375. The first-order chi connectivity index (χ1) is 12.8. The second kappa shape index (κ2) is 7.57. The largest absolute Gasteiger partial charge is 0.379 e. The summed E-state index contributed by atoms with van der Waals surface area (Å²) in [4.78, 5) is 7.32. The van der Waals surface area contributed by atoms with E-state index in [2.05, 4.69) is 48.2 Å². The average molecular weight is 347 g/mol. The normalized spacial score (nSPS) is 18.8. The van der Waals surface area contributed by atoms with Gasteiger partial charge < -0.3 is 4.74 Å². The van der Waals surface area contributed by atoms with Gasteiger partial charge in [-0.3, -0.25) is 9.88 Å². The van der Waals surface area contributed by atoms with Crippen LogP contribution in [0.2, 0.25) is 0 Å². The monoisotopic (exact) mass is 347 g/mol. The maximum atomic E-state index is 9.59. The topological polar surface area (TPSA) is 49.2 Å². The van der Waals surface area contributed by atoms with E-state index in [-0.39, 0.29) is 0 Å². The predicted octanol–water partition coefficient (Wildman–Crippen LogP) is 3.89. The number of hydrogen-bond acceptors (Lipinski definition) is 4. The summed E-state index contributed by atoms with van der Waals surface area (Å²) in [5, 5.41) is 9.59. The Bertz CT molecular complexity index is 817. The lowest BCUT2D eigenvalue weighted by atomic mass is 9.92. The molecule has 1 fully saturated rings. The van der Waals surface area contributed by atoms with Crippen LogP contribution in [0.4, 0.5) is 0 Å². The van der Waals surface area contributed by atoms with Crippen molar-refractivity contribution in [2.45, 2.75) is 38.6 Å². The number of ether oxygens (including phenoxy) is 1. The van der Waals surface area contributed by atoms with E-state index in [0.717, 1.165) is 50.4 Å². The highest BCUT2D eigenvalue weighted by atomic mass is 16.5. The lowest BCUT2D eigenvalue weighted by Gasteiger charge is -2.32. The van der Waals surface area contributed by atoms with E-state index < -0.39 is 0 Å². The van der Waals surface area contributed by atoms with Crippen molar-refractivity contribution in [3.05, 3.63) is 52.7 Å². The van der Waals surface area contributed by atoms with Crippen molar-refractivity contribution in [2.75, 3.05) is 26.3 Å². The van der Waals surface area contributed by atoms with Gasteiger partial charge in [-0.2, -0.15) is 5.26 Å². The van der Waals surface area contributed by atoms with Crippen LogP contribution < -0.4 is 0 Å². The summed E-state index contributed by atoms with van der Waals surface area (Å²) < 4.78 is 5.45. The molecule has 1 aliphatic carbocycles. The van der Waals surface area contributed by atoms with Gasteiger partial charge >= 0.3 is 0 Å². The number of pyridine rings is 1. The smallest absolute Gasteiger partial charge is 0.101 e.